The molecule has 22 heavy (non-hydrogen) atoms. The minimum Gasteiger partial charge on any atom is -0.444 e. The van der Waals surface area contributed by atoms with E-state index in [-0.39, 0.29) is 16.8 Å². The summed E-state index contributed by atoms with van der Waals surface area (Å²) < 4.78 is 30.1. The van der Waals surface area contributed by atoms with E-state index in [2.05, 4.69) is 4.98 Å². The number of pyridine rings is 1. The van der Waals surface area contributed by atoms with Gasteiger partial charge in [0.2, 0.25) is 0 Å². The second-order valence-electron chi connectivity index (χ2n) is 6.42. The number of amides is 1. The Morgan fingerprint density at radius 1 is 1.41 bits per heavy atom. The molecule has 0 bridgehead atoms. The van der Waals surface area contributed by atoms with E-state index in [9.17, 15) is 13.2 Å². The highest BCUT2D eigenvalue weighted by molar-refractivity contribution is 7.91. The number of aromatic nitrogens is 1. The van der Waals surface area contributed by atoms with Crippen LogP contribution in [0.15, 0.2) is 29.4 Å². The maximum absolute atomic E-state index is 12.4. The zero-order valence-corrected chi connectivity index (χ0v) is 14.0. The molecule has 7 heteroatoms. The fourth-order valence-electron chi connectivity index (χ4n) is 2.44. The number of hydrogen-bond donors (Lipinski definition) is 0. The first-order valence-corrected chi connectivity index (χ1v) is 8.98. The van der Waals surface area contributed by atoms with Crippen molar-refractivity contribution >= 4 is 15.9 Å². The van der Waals surface area contributed by atoms with Crippen molar-refractivity contribution in [2.45, 2.75) is 50.3 Å². The summed E-state index contributed by atoms with van der Waals surface area (Å²) in [7, 11) is -3.51. The second kappa shape index (κ2) is 6.24. The summed E-state index contributed by atoms with van der Waals surface area (Å²) in [6, 6.07) is 4.42. The Morgan fingerprint density at radius 3 is 2.73 bits per heavy atom. The van der Waals surface area contributed by atoms with E-state index in [4.69, 9.17) is 4.74 Å². The molecular formula is C15H22N2O4S. The molecule has 0 N–H and O–H groups in total. The average Bonchev–Trinajstić information content (AvgIpc) is 2.85. The highest BCUT2D eigenvalue weighted by Crippen LogP contribution is 2.23. The normalized spacial score (nSPS) is 19.2. The fraction of sp³-hybridized carbons (Fsp3) is 0.600. The van der Waals surface area contributed by atoms with Crippen molar-refractivity contribution in [1.82, 2.24) is 9.88 Å². The molecule has 0 spiro atoms. The molecule has 6 nitrogen and oxygen atoms in total. The molecule has 1 aromatic rings. The lowest BCUT2D eigenvalue weighted by Crippen LogP contribution is -2.42. The first-order valence-electron chi connectivity index (χ1n) is 7.32. The number of hydrogen-bond acceptors (Lipinski definition) is 5. The lowest BCUT2D eigenvalue weighted by atomic mass is 10.2. The molecule has 1 aliphatic rings. The van der Waals surface area contributed by atoms with Gasteiger partial charge in [0.1, 0.15) is 5.60 Å². The number of sulfone groups is 1. The molecule has 1 amide bonds. The third kappa shape index (κ3) is 4.19. The van der Waals surface area contributed by atoms with Gasteiger partial charge < -0.3 is 9.64 Å². The van der Waals surface area contributed by atoms with Crippen LogP contribution in [0.25, 0.3) is 0 Å². The number of carbonyl (C=O) groups is 1. The quantitative estimate of drug-likeness (QED) is 0.851. The van der Waals surface area contributed by atoms with Gasteiger partial charge >= 0.3 is 6.09 Å². The lowest BCUT2D eigenvalue weighted by Gasteiger charge is -2.28. The Kier molecular flexibility index (Phi) is 4.75. The van der Waals surface area contributed by atoms with Crippen LogP contribution in [-0.2, 0) is 14.6 Å². The van der Waals surface area contributed by atoms with E-state index >= 15 is 0 Å². The smallest absolute Gasteiger partial charge is 0.410 e. The third-order valence-electron chi connectivity index (χ3n) is 3.37. The summed E-state index contributed by atoms with van der Waals surface area (Å²) in [4.78, 5) is 17.6. The first-order chi connectivity index (χ1) is 10.2. The topological polar surface area (TPSA) is 76.6 Å². The molecule has 1 aliphatic heterocycles. The van der Waals surface area contributed by atoms with Gasteiger partial charge in [-0.3, -0.25) is 0 Å². The molecule has 0 aliphatic carbocycles. The summed E-state index contributed by atoms with van der Waals surface area (Å²) >= 11 is 0. The second-order valence-corrected chi connectivity index (χ2v) is 8.40. The summed E-state index contributed by atoms with van der Waals surface area (Å²) in [6.45, 7) is 5.90. The van der Waals surface area contributed by atoms with Crippen molar-refractivity contribution < 1.29 is 17.9 Å². The lowest BCUT2D eigenvalue weighted by molar-refractivity contribution is 0.0241. The molecule has 122 valence electrons. The monoisotopic (exact) mass is 326 g/mol. The van der Waals surface area contributed by atoms with E-state index in [0.29, 0.717) is 13.0 Å². The van der Waals surface area contributed by atoms with Crippen LogP contribution in [0.5, 0.6) is 0 Å². The predicted octanol–water partition coefficient (Wildman–Crippen LogP) is 2.25. The van der Waals surface area contributed by atoms with Crippen LogP contribution < -0.4 is 0 Å². The Balaban J connectivity index is 2.10. The minimum absolute atomic E-state index is 0.0473. The van der Waals surface area contributed by atoms with Gasteiger partial charge in [0.15, 0.2) is 14.9 Å². The Morgan fingerprint density at radius 2 is 2.14 bits per heavy atom. The molecule has 0 saturated carbocycles. The van der Waals surface area contributed by atoms with Gasteiger partial charge in [-0.05, 0) is 45.7 Å². The van der Waals surface area contributed by atoms with Crippen LogP contribution in [0.4, 0.5) is 4.79 Å². The van der Waals surface area contributed by atoms with Crippen LogP contribution in [0.1, 0.15) is 33.6 Å². The van der Waals surface area contributed by atoms with Crippen LogP contribution in [0.2, 0.25) is 0 Å². The largest absolute Gasteiger partial charge is 0.444 e. The van der Waals surface area contributed by atoms with Gasteiger partial charge in [-0.2, -0.15) is 0 Å². The van der Waals surface area contributed by atoms with Crippen LogP contribution in [0, 0.1) is 0 Å². The number of rotatable bonds is 3. The third-order valence-corrected chi connectivity index (χ3v) is 5.08. The molecule has 1 fully saturated rings. The molecule has 1 saturated heterocycles. The fourth-order valence-corrected chi connectivity index (χ4v) is 3.97. The van der Waals surface area contributed by atoms with E-state index in [0.717, 1.165) is 6.42 Å². The van der Waals surface area contributed by atoms with Gasteiger partial charge in [-0.1, -0.05) is 6.07 Å². The van der Waals surface area contributed by atoms with Crippen molar-refractivity contribution in [3.05, 3.63) is 24.4 Å². The molecule has 2 rings (SSSR count). The highest BCUT2D eigenvalue weighted by atomic mass is 32.2. The minimum atomic E-state index is -3.51. The molecular weight excluding hydrogens is 304 g/mol. The van der Waals surface area contributed by atoms with E-state index in [1.807, 2.05) is 0 Å². The summed E-state index contributed by atoms with van der Waals surface area (Å²) in [5, 5.41) is 0.0473. The van der Waals surface area contributed by atoms with Crippen molar-refractivity contribution in [2.75, 3.05) is 12.3 Å². The van der Waals surface area contributed by atoms with Gasteiger partial charge in [-0.15, -0.1) is 0 Å². The highest BCUT2D eigenvalue weighted by Gasteiger charge is 2.35. The molecule has 1 aromatic heterocycles. The zero-order valence-electron chi connectivity index (χ0n) is 13.2. The van der Waals surface area contributed by atoms with Crippen LogP contribution in [-0.4, -0.2) is 48.3 Å². The van der Waals surface area contributed by atoms with Crippen molar-refractivity contribution in [3.63, 3.8) is 0 Å². The average molecular weight is 326 g/mol. The number of likely N-dealkylation sites (tertiary alicyclic amines) is 1. The first kappa shape index (κ1) is 16.7. The predicted molar refractivity (Wildman–Crippen MR) is 82.3 cm³/mol. The Hall–Kier alpha value is -1.63. The van der Waals surface area contributed by atoms with Crippen molar-refractivity contribution in [3.8, 4) is 0 Å². The standard InChI is InChI=1S/C15H22N2O4S/c1-15(2,3)21-14(18)17-10-6-7-12(17)11-22(19,20)13-8-4-5-9-16-13/h4-5,8-9,12H,6-7,10-11H2,1-3H3/t12-/m0/s1. The number of nitrogens with zero attached hydrogens (tertiary/aromatic N) is 2. The molecule has 1 atom stereocenters. The Bertz CT molecular complexity index is 623. The van der Waals surface area contributed by atoms with Gasteiger partial charge in [0.05, 0.1) is 5.75 Å². The van der Waals surface area contributed by atoms with E-state index in [1.165, 1.54) is 17.2 Å². The van der Waals surface area contributed by atoms with Crippen molar-refractivity contribution in [2.24, 2.45) is 0 Å². The molecule has 2 heterocycles. The van der Waals surface area contributed by atoms with Crippen LogP contribution >= 0.6 is 0 Å². The van der Waals surface area contributed by atoms with Gasteiger partial charge in [0.25, 0.3) is 0 Å². The van der Waals surface area contributed by atoms with Gasteiger partial charge in [-0.25, -0.2) is 18.2 Å². The maximum atomic E-state index is 12.4. The summed E-state index contributed by atoms with van der Waals surface area (Å²) in [5.74, 6) is -0.122. The van der Waals surface area contributed by atoms with E-state index in [1.54, 1.807) is 32.9 Å². The van der Waals surface area contributed by atoms with Gasteiger partial charge in [0, 0.05) is 18.8 Å². The molecule has 0 unspecified atom stereocenters. The summed E-state index contributed by atoms with van der Waals surface area (Å²) in [6.07, 6.45) is 2.44. The zero-order chi connectivity index (χ0) is 16.4. The molecule has 0 aromatic carbocycles. The Labute approximate surface area is 131 Å². The molecule has 0 radical (unpaired) electrons. The van der Waals surface area contributed by atoms with Crippen LogP contribution in [0.3, 0.4) is 0 Å². The summed E-state index contributed by atoms with van der Waals surface area (Å²) in [5.41, 5.74) is -0.593. The number of ether oxygens (including phenoxy) is 1. The van der Waals surface area contributed by atoms with E-state index < -0.39 is 21.5 Å². The maximum Gasteiger partial charge on any atom is 0.410 e. The number of carbonyl (C=O) groups excluding carboxylic acids is 1. The van der Waals surface area contributed by atoms with Crippen molar-refractivity contribution in [1.29, 1.82) is 0 Å². The SMILES string of the molecule is CC(C)(C)OC(=O)N1CCC[C@H]1CS(=O)(=O)c1ccccn1.